The van der Waals surface area contributed by atoms with Gasteiger partial charge >= 0.3 is 0 Å². The van der Waals surface area contributed by atoms with Crippen molar-refractivity contribution in [3.63, 3.8) is 0 Å². The van der Waals surface area contributed by atoms with Crippen LogP contribution in [0.1, 0.15) is 36.7 Å². The van der Waals surface area contributed by atoms with Crippen molar-refractivity contribution < 1.29 is 4.79 Å². The third-order valence-electron chi connectivity index (χ3n) is 3.56. The minimum absolute atomic E-state index is 0.146. The van der Waals surface area contributed by atoms with Gasteiger partial charge in [0, 0.05) is 30.8 Å². The number of halogens is 1. The molecule has 1 aromatic rings. The van der Waals surface area contributed by atoms with E-state index in [1.165, 1.54) is 19.3 Å². The van der Waals surface area contributed by atoms with Crippen molar-refractivity contribution >= 4 is 21.8 Å². The lowest BCUT2D eigenvalue weighted by atomic mass is 9.85. The molecule has 1 aliphatic rings. The monoisotopic (exact) mass is 298 g/mol. The Hall–Kier alpha value is -0.770. The highest BCUT2D eigenvalue weighted by atomic mass is 79.9. The molecule has 3 nitrogen and oxygen atoms in total. The highest BCUT2D eigenvalue weighted by Crippen LogP contribution is 2.27. The molecular weight excluding hydrogens is 280 g/mol. The molecule has 1 fully saturated rings. The van der Waals surface area contributed by atoms with E-state index in [0.29, 0.717) is 0 Å². The largest absolute Gasteiger partial charge is 0.345 e. The SMILES string of the molecule is CCN(CC1CCC1)C(=O)c1cc(Br)cn1C. The van der Waals surface area contributed by atoms with Crippen LogP contribution in [0.4, 0.5) is 0 Å². The third kappa shape index (κ3) is 2.73. The second-order valence-electron chi connectivity index (χ2n) is 4.80. The second kappa shape index (κ2) is 5.25. The molecule has 1 aromatic heterocycles. The number of nitrogens with zero attached hydrogens (tertiary/aromatic N) is 2. The summed E-state index contributed by atoms with van der Waals surface area (Å²) in [7, 11) is 1.91. The van der Waals surface area contributed by atoms with Crippen molar-refractivity contribution in [3.8, 4) is 0 Å². The number of aryl methyl sites for hydroxylation is 1. The van der Waals surface area contributed by atoms with Gasteiger partial charge in [-0.2, -0.15) is 0 Å². The van der Waals surface area contributed by atoms with E-state index in [9.17, 15) is 4.79 Å². The number of rotatable bonds is 4. The second-order valence-corrected chi connectivity index (χ2v) is 5.71. The number of aromatic nitrogens is 1. The molecule has 1 heterocycles. The highest BCUT2D eigenvalue weighted by molar-refractivity contribution is 9.10. The van der Waals surface area contributed by atoms with E-state index >= 15 is 0 Å². The van der Waals surface area contributed by atoms with Crippen molar-refractivity contribution in [3.05, 3.63) is 22.4 Å². The van der Waals surface area contributed by atoms with Crippen LogP contribution >= 0.6 is 15.9 Å². The Kier molecular flexibility index (Phi) is 3.92. The summed E-state index contributed by atoms with van der Waals surface area (Å²) in [6.07, 6.45) is 5.80. The molecule has 2 rings (SSSR count). The first-order valence-electron chi connectivity index (χ1n) is 6.23. The van der Waals surface area contributed by atoms with Crippen LogP contribution in [0, 0.1) is 5.92 Å². The van der Waals surface area contributed by atoms with Crippen LogP contribution in [0.25, 0.3) is 0 Å². The first-order chi connectivity index (χ1) is 8.11. The van der Waals surface area contributed by atoms with Crippen molar-refractivity contribution in [2.45, 2.75) is 26.2 Å². The maximum absolute atomic E-state index is 12.4. The first kappa shape index (κ1) is 12.7. The fourth-order valence-electron chi connectivity index (χ4n) is 2.24. The first-order valence-corrected chi connectivity index (χ1v) is 7.02. The van der Waals surface area contributed by atoms with Gasteiger partial charge in [0.15, 0.2) is 0 Å². The summed E-state index contributed by atoms with van der Waals surface area (Å²) in [6, 6.07) is 1.89. The van der Waals surface area contributed by atoms with Gasteiger partial charge in [0.05, 0.1) is 0 Å². The van der Waals surface area contributed by atoms with E-state index in [1.807, 2.05) is 28.8 Å². The van der Waals surface area contributed by atoms with E-state index in [4.69, 9.17) is 0 Å². The maximum Gasteiger partial charge on any atom is 0.270 e. The van der Waals surface area contributed by atoms with Gasteiger partial charge in [-0.25, -0.2) is 0 Å². The lowest BCUT2D eigenvalue weighted by Gasteiger charge is -2.31. The summed E-state index contributed by atoms with van der Waals surface area (Å²) in [5.41, 5.74) is 0.762. The third-order valence-corrected chi connectivity index (χ3v) is 4.00. The van der Waals surface area contributed by atoms with Crippen molar-refractivity contribution in [2.75, 3.05) is 13.1 Å². The molecule has 17 heavy (non-hydrogen) atoms. The molecule has 0 aliphatic heterocycles. The molecule has 0 unspecified atom stereocenters. The quantitative estimate of drug-likeness (QED) is 0.839. The molecule has 0 N–H and O–H groups in total. The Bertz CT molecular complexity index is 410. The number of hydrogen-bond donors (Lipinski definition) is 0. The molecule has 1 saturated carbocycles. The summed E-state index contributed by atoms with van der Waals surface area (Å²) < 4.78 is 2.85. The number of carbonyl (C=O) groups is 1. The smallest absolute Gasteiger partial charge is 0.270 e. The molecule has 0 radical (unpaired) electrons. The normalized spacial score (nSPS) is 15.7. The van der Waals surface area contributed by atoms with E-state index in [-0.39, 0.29) is 5.91 Å². The van der Waals surface area contributed by atoms with E-state index < -0.39 is 0 Å². The van der Waals surface area contributed by atoms with Gasteiger partial charge in [-0.1, -0.05) is 6.42 Å². The van der Waals surface area contributed by atoms with Gasteiger partial charge in [-0.05, 0) is 47.7 Å². The standard InChI is InChI=1S/C13H19BrN2O/c1-3-16(8-10-5-4-6-10)13(17)12-7-11(14)9-15(12)2/h7,9-10H,3-6,8H2,1-2H3. The van der Waals surface area contributed by atoms with Crippen LogP contribution in [-0.4, -0.2) is 28.5 Å². The Balaban J connectivity index is 2.07. The summed E-state index contributed by atoms with van der Waals surface area (Å²) in [5.74, 6) is 0.871. The Morgan fingerprint density at radius 3 is 2.71 bits per heavy atom. The summed E-state index contributed by atoms with van der Waals surface area (Å²) >= 11 is 3.41. The van der Waals surface area contributed by atoms with Crippen molar-refractivity contribution in [1.29, 1.82) is 0 Å². The zero-order valence-electron chi connectivity index (χ0n) is 10.4. The lowest BCUT2D eigenvalue weighted by molar-refractivity contribution is 0.0697. The Morgan fingerprint density at radius 1 is 1.59 bits per heavy atom. The van der Waals surface area contributed by atoms with Crippen LogP contribution in [0.5, 0.6) is 0 Å². The molecule has 1 aliphatic carbocycles. The fourth-order valence-corrected chi connectivity index (χ4v) is 2.77. The lowest BCUT2D eigenvalue weighted by Crippen LogP contribution is -2.38. The van der Waals surface area contributed by atoms with E-state index in [2.05, 4.69) is 22.9 Å². The highest BCUT2D eigenvalue weighted by Gasteiger charge is 2.24. The van der Waals surface area contributed by atoms with Crippen molar-refractivity contribution in [1.82, 2.24) is 9.47 Å². The molecule has 0 atom stereocenters. The van der Waals surface area contributed by atoms with Crippen LogP contribution < -0.4 is 0 Å². The number of hydrogen-bond acceptors (Lipinski definition) is 1. The van der Waals surface area contributed by atoms with E-state index in [1.54, 1.807) is 0 Å². The fraction of sp³-hybridized carbons (Fsp3) is 0.615. The van der Waals surface area contributed by atoms with Gasteiger partial charge in [0.1, 0.15) is 5.69 Å². The summed E-state index contributed by atoms with van der Waals surface area (Å²) in [5, 5.41) is 0. The van der Waals surface area contributed by atoms with E-state index in [0.717, 1.165) is 29.2 Å². The minimum Gasteiger partial charge on any atom is -0.345 e. The number of amides is 1. The Labute approximate surface area is 111 Å². The van der Waals surface area contributed by atoms with Crippen LogP contribution in [-0.2, 0) is 7.05 Å². The summed E-state index contributed by atoms with van der Waals surface area (Å²) in [4.78, 5) is 14.3. The Morgan fingerprint density at radius 2 is 2.29 bits per heavy atom. The summed E-state index contributed by atoms with van der Waals surface area (Å²) in [6.45, 7) is 3.75. The topological polar surface area (TPSA) is 25.2 Å². The average molecular weight is 299 g/mol. The average Bonchev–Trinajstić information content (AvgIpc) is 2.56. The van der Waals surface area contributed by atoms with Gasteiger partial charge in [0.2, 0.25) is 0 Å². The maximum atomic E-state index is 12.4. The van der Waals surface area contributed by atoms with Crippen LogP contribution in [0.3, 0.4) is 0 Å². The molecule has 1 amide bonds. The van der Waals surface area contributed by atoms with Gasteiger partial charge in [-0.3, -0.25) is 4.79 Å². The zero-order valence-corrected chi connectivity index (χ0v) is 12.0. The predicted octanol–water partition coefficient (Wildman–Crippen LogP) is 3.05. The molecule has 0 bridgehead atoms. The molecule has 0 saturated heterocycles. The van der Waals surface area contributed by atoms with Gasteiger partial charge in [-0.15, -0.1) is 0 Å². The minimum atomic E-state index is 0.146. The van der Waals surface area contributed by atoms with Gasteiger partial charge in [0.25, 0.3) is 5.91 Å². The zero-order chi connectivity index (χ0) is 12.4. The van der Waals surface area contributed by atoms with Crippen LogP contribution in [0.15, 0.2) is 16.7 Å². The van der Waals surface area contributed by atoms with Crippen molar-refractivity contribution in [2.24, 2.45) is 13.0 Å². The molecular formula is C13H19BrN2O. The molecule has 0 aromatic carbocycles. The molecule has 0 spiro atoms. The van der Waals surface area contributed by atoms with Gasteiger partial charge < -0.3 is 9.47 Å². The molecule has 94 valence electrons. The number of carbonyl (C=O) groups excluding carboxylic acids is 1. The van der Waals surface area contributed by atoms with Crippen LogP contribution in [0.2, 0.25) is 0 Å². The predicted molar refractivity (Wildman–Crippen MR) is 72.0 cm³/mol. The molecule has 4 heteroatoms.